The van der Waals surface area contributed by atoms with E-state index < -0.39 is 6.61 Å². The molecule has 1 fully saturated rings. The van der Waals surface area contributed by atoms with E-state index in [1.807, 2.05) is 0 Å². The zero-order valence-corrected chi connectivity index (χ0v) is 19.3. The number of hydrogen-bond acceptors (Lipinski definition) is 4. The Bertz CT molecular complexity index is 674. The summed E-state index contributed by atoms with van der Waals surface area (Å²) in [6.45, 7) is 0.454. The van der Waals surface area contributed by atoms with Crippen molar-refractivity contribution in [2.75, 3.05) is 19.7 Å². The zero-order chi connectivity index (χ0) is 19.8. The number of alkyl halides is 2. The van der Waals surface area contributed by atoms with Gasteiger partial charge in [0.05, 0.1) is 13.2 Å². The molecule has 0 spiro atoms. The van der Waals surface area contributed by atoms with Gasteiger partial charge in [-0.15, -0.1) is 24.0 Å². The molecule has 158 valence electrons. The average Bonchev–Trinajstić information content (AvgIpc) is 2.62. The van der Waals surface area contributed by atoms with E-state index in [9.17, 15) is 13.6 Å². The highest BCUT2D eigenvalue weighted by molar-refractivity contribution is 14.0. The van der Waals surface area contributed by atoms with Crippen molar-refractivity contribution in [3.8, 4) is 5.75 Å². The SMILES string of the molecule is CCOC(=O)N1CCC(NC(N)=NCc2cc(Br)ccc2OC(F)F)CC1.I. The van der Waals surface area contributed by atoms with E-state index in [2.05, 4.69) is 31.0 Å². The van der Waals surface area contributed by atoms with Gasteiger partial charge in [-0.1, -0.05) is 15.9 Å². The number of rotatable bonds is 6. The predicted molar refractivity (Wildman–Crippen MR) is 116 cm³/mol. The van der Waals surface area contributed by atoms with Gasteiger partial charge in [-0.2, -0.15) is 8.78 Å². The van der Waals surface area contributed by atoms with Gasteiger partial charge in [0.25, 0.3) is 0 Å². The Labute approximate surface area is 188 Å². The molecular weight excluding hydrogens is 553 g/mol. The number of likely N-dealkylation sites (tertiary alicyclic amines) is 1. The molecule has 0 aliphatic carbocycles. The molecule has 1 amide bonds. The van der Waals surface area contributed by atoms with Crippen LogP contribution in [0.25, 0.3) is 0 Å². The molecule has 0 atom stereocenters. The van der Waals surface area contributed by atoms with Gasteiger partial charge in [0.2, 0.25) is 0 Å². The van der Waals surface area contributed by atoms with E-state index >= 15 is 0 Å². The highest BCUT2D eigenvalue weighted by Crippen LogP contribution is 2.25. The number of piperidine rings is 1. The van der Waals surface area contributed by atoms with Crippen LogP contribution in [0.1, 0.15) is 25.3 Å². The standard InChI is InChI=1S/C17H23BrF2N4O3.HI/c1-2-26-17(25)24-7-5-13(6-8-24)23-16(21)22-10-11-9-12(18)3-4-14(11)27-15(19)20;/h3-4,9,13,15H,2,5-8,10H2,1H3,(H3,21,22,23);1H. The summed E-state index contributed by atoms with van der Waals surface area (Å²) in [4.78, 5) is 17.6. The van der Waals surface area contributed by atoms with Crippen LogP contribution in [0.15, 0.2) is 27.7 Å². The van der Waals surface area contributed by atoms with Crippen LogP contribution < -0.4 is 15.8 Å². The van der Waals surface area contributed by atoms with Crippen LogP contribution in [0.3, 0.4) is 0 Å². The summed E-state index contributed by atoms with van der Waals surface area (Å²) in [7, 11) is 0. The van der Waals surface area contributed by atoms with Crippen molar-refractivity contribution >= 4 is 52.0 Å². The number of aliphatic imine (C=N–C) groups is 1. The molecule has 7 nitrogen and oxygen atoms in total. The first-order chi connectivity index (χ1) is 12.9. The highest BCUT2D eigenvalue weighted by Gasteiger charge is 2.23. The number of nitrogens with two attached hydrogens (primary N) is 1. The first-order valence-corrected chi connectivity index (χ1v) is 9.39. The molecule has 1 aliphatic heterocycles. The number of carbonyl (C=O) groups excluding carboxylic acids is 1. The molecule has 0 radical (unpaired) electrons. The average molecular weight is 577 g/mol. The number of amides is 1. The number of benzene rings is 1. The lowest BCUT2D eigenvalue weighted by atomic mass is 10.1. The molecule has 28 heavy (non-hydrogen) atoms. The van der Waals surface area contributed by atoms with Gasteiger partial charge in [0.15, 0.2) is 5.96 Å². The fourth-order valence-electron chi connectivity index (χ4n) is 2.73. The molecule has 1 aromatic carbocycles. The van der Waals surface area contributed by atoms with Crippen LogP contribution in [0.2, 0.25) is 0 Å². The van der Waals surface area contributed by atoms with E-state index in [4.69, 9.17) is 10.5 Å². The van der Waals surface area contributed by atoms with Crippen LogP contribution in [0.5, 0.6) is 5.75 Å². The highest BCUT2D eigenvalue weighted by atomic mass is 127. The van der Waals surface area contributed by atoms with E-state index in [0.717, 1.165) is 4.47 Å². The van der Waals surface area contributed by atoms with Gasteiger partial charge in [0, 0.05) is 29.2 Å². The molecule has 2 rings (SSSR count). The normalized spacial score (nSPS) is 15.2. The second-order valence-corrected chi connectivity index (χ2v) is 6.85. The number of ether oxygens (including phenoxy) is 2. The van der Waals surface area contributed by atoms with Gasteiger partial charge < -0.3 is 25.4 Å². The Balaban J connectivity index is 0.00000392. The summed E-state index contributed by atoms with van der Waals surface area (Å²) in [5.41, 5.74) is 6.41. The van der Waals surface area contributed by atoms with Crippen molar-refractivity contribution in [2.45, 2.75) is 39.0 Å². The van der Waals surface area contributed by atoms with Crippen LogP contribution >= 0.6 is 39.9 Å². The van der Waals surface area contributed by atoms with Crippen molar-refractivity contribution in [3.05, 3.63) is 28.2 Å². The summed E-state index contributed by atoms with van der Waals surface area (Å²) in [6.07, 6.45) is 1.12. The first-order valence-electron chi connectivity index (χ1n) is 8.60. The van der Waals surface area contributed by atoms with Gasteiger partial charge in [-0.25, -0.2) is 9.79 Å². The molecule has 0 unspecified atom stereocenters. The summed E-state index contributed by atoms with van der Waals surface area (Å²) in [6, 6.07) is 4.81. The lowest BCUT2D eigenvalue weighted by Crippen LogP contribution is -2.48. The third-order valence-corrected chi connectivity index (χ3v) is 4.52. The molecule has 0 bridgehead atoms. The molecule has 1 aromatic rings. The van der Waals surface area contributed by atoms with Gasteiger partial charge in [-0.3, -0.25) is 0 Å². The predicted octanol–water partition coefficient (Wildman–Crippen LogP) is 3.69. The molecule has 1 heterocycles. The van der Waals surface area contributed by atoms with Crippen LogP contribution in [-0.2, 0) is 11.3 Å². The minimum atomic E-state index is -2.91. The van der Waals surface area contributed by atoms with Crippen molar-refractivity contribution in [2.24, 2.45) is 10.7 Å². The minimum absolute atomic E-state index is 0. The lowest BCUT2D eigenvalue weighted by molar-refractivity contribution is -0.0504. The number of nitrogens with one attached hydrogen (secondary N) is 1. The van der Waals surface area contributed by atoms with Gasteiger partial charge in [-0.05, 0) is 38.0 Å². The number of halogens is 4. The smallest absolute Gasteiger partial charge is 0.409 e. The third-order valence-electron chi connectivity index (χ3n) is 4.03. The maximum Gasteiger partial charge on any atom is 0.409 e. The number of carbonyl (C=O) groups is 1. The molecule has 1 saturated heterocycles. The van der Waals surface area contributed by atoms with Gasteiger partial charge in [0.1, 0.15) is 5.75 Å². The number of hydrogen-bond donors (Lipinski definition) is 2. The van der Waals surface area contributed by atoms with Crippen molar-refractivity contribution in [3.63, 3.8) is 0 Å². The Morgan fingerprint density at radius 1 is 1.43 bits per heavy atom. The van der Waals surface area contributed by atoms with E-state index in [1.165, 1.54) is 6.07 Å². The lowest BCUT2D eigenvalue weighted by Gasteiger charge is -2.31. The van der Waals surface area contributed by atoms with Crippen molar-refractivity contribution < 1.29 is 23.0 Å². The van der Waals surface area contributed by atoms with Crippen molar-refractivity contribution in [1.82, 2.24) is 10.2 Å². The number of nitrogens with zero attached hydrogens (tertiary/aromatic N) is 2. The fourth-order valence-corrected chi connectivity index (χ4v) is 3.14. The van der Waals surface area contributed by atoms with Crippen LogP contribution in [-0.4, -0.2) is 49.3 Å². The minimum Gasteiger partial charge on any atom is -0.450 e. The molecule has 11 heteroatoms. The molecule has 0 aromatic heterocycles. The molecular formula is C17H24BrF2IN4O3. The van der Waals surface area contributed by atoms with E-state index in [-0.39, 0.29) is 54.4 Å². The molecule has 1 aliphatic rings. The Kier molecular flexibility index (Phi) is 10.8. The summed E-state index contributed by atoms with van der Waals surface area (Å²) in [5.74, 6) is 0.278. The summed E-state index contributed by atoms with van der Waals surface area (Å²) >= 11 is 3.30. The topological polar surface area (TPSA) is 89.2 Å². The second kappa shape index (κ2) is 12.2. The monoisotopic (exact) mass is 576 g/mol. The Hall–Kier alpha value is -1.37. The van der Waals surface area contributed by atoms with E-state index in [0.29, 0.717) is 38.1 Å². The maximum absolute atomic E-state index is 12.5. The van der Waals surface area contributed by atoms with Gasteiger partial charge >= 0.3 is 12.7 Å². The summed E-state index contributed by atoms with van der Waals surface area (Å²) < 4.78 is 35.2. The summed E-state index contributed by atoms with van der Waals surface area (Å²) in [5, 5.41) is 3.10. The number of guanidine groups is 1. The Morgan fingerprint density at radius 3 is 2.71 bits per heavy atom. The van der Waals surface area contributed by atoms with Crippen LogP contribution in [0, 0.1) is 0 Å². The van der Waals surface area contributed by atoms with Crippen molar-refractivity contribution in [1.29, 1.82) is 0 Å². The van der Waals surface area contributed by atoms with Crippen LogP contribution in [0.4, 0.5) is 13.6 Å². The molecule has 0 saturated carbocycles. The first kappa shape index (κ1) is 24.7. The zero-order valence-electron chi connectivity index (χ0n) is 15.4. The third kappa shape index (κ3) is 7.94. The second-order valence-electron chi connectivity index (χ2n) is 5.94. The largest absolute Gasteiger partial charge is 0.450 e. The maximum atomic E-state index is 12.5. The van der Waals surface area contributed by atoms with E-state index in [1.54, 1.807) is 24.0 Å². The molecule has 3 N–H and O–H groups in total. The quantitative estimate of drug-likeness (QED) is 0.306. The Morgan fingerprint density at radius 2 is 2.11 bits per heavy atom. The fraction of sp³-hybridized carbons (Fsp3) is 0.529.